The summed E-state index contributed by atoms with van der Waals surface area (Å²) in [6.07, 6.45) is 5.24. The second kappa shape index (κ2) is 4.62. The lowest BCUT2D eigenvalue weighted by Gasteiger charge is -2.07. The number of hydrogen-bond donors (Lipinski definition) is 2. The van der Waals surface area contributed by atoms with E-state index in [1.165, 1.54) is 0 Å². The fourth-order valence-corrected chi connectivity index (χ4v) is 1.31. The standard InChI is InChI=1S/C11H12N4O/c12-5-8-3-4-13-6-10(8)14-7-11(16)15-9-1-2-9/h3-4,6,9,14H,1-2,7H2,(H,15,16). The van der Waals surface area contributed by atoms with E-state index in [4.69, 9.17) is 5.26 Å². The van der Waals surface area contributed by atoms with Gasteiger partial charge in [0.2, 0.25) is 5.91 Å². The lowest BCUT2D eigenvalue weighted by molar-refractivity contribution is -0.119. The molecule has 2 N–H and O–H groups in total. The number of carbonyl (C=O) groups excluding carboxylic acids is 1. The van der Waals surface area contributed by atoms with Gasteiger partial charge in [0, 0.05) is 12.2 Å². The summed E-state index contributed by atoms with van der Waals surface area (Å²) in [5.41, 5.74) is 1.09. The van der Waals surface area contributed by atoms with Crippen LogP contribution in [0.5, 0.6) is 0 Å². The van der Waals surface area contributed by atoms with Crippen LogP contribution in [0.2, 0.25) is 0 Å². The van der Waals surface area contributed by atoms with Crippen molar-refractivity contribution in [1.29, 1.82) is 5.26 Å². The van der Waals surface area contributed by atoms with Crippen molar-refractivity contribution in [3.8, 4) is 6.07 Å². The molecule has 2 rings (SSSR count). The minimum atomic E-state index is -0.0461. The smallest absolute Gasteiger partial charge is 0.239 e. The first-order chi connectivity index (χ1) is 7.79. The fourth-order valence-electron chi connectivity index (χ4n) is 1.31. The summed E-state index contributed by atoms with van der Waals surface area (Å²) in [5.74, 6) is -0.0461. The maximum Gasteiger partial charge on any atom is 0.239 e. The first kappa shape index (κ1) is 10.4. The number of nitrogens with one attached hydrogen (secondary N) is 2. The average molecular weight is 216 g/mol. The Morgan fingerprint density at radius 2 is 2.44 bits per heavy atom. The van der Waals surface area contributed by atoms with Gasteiger partial charge in [-0.3, -0.25) is 9.78 Å². The highest BCUT2D eigenvalue weighted by Gasteiger charge is 2.22. The van der Waals surface area contributed by atoms with Gasteiger partial charge in [-0.05, 0) is 18.9 Å². The second-order valence-corrected chi connectivity index (χ2v) is 3.73. The highest BCUT2D eigenvalue weighted by molar-refractivity contribution is 5.81. The molecule has 0 aliphatic heterocycles. The van der Waals surface area contributed by atoms with E-state index in [1.54, 1.807) is 18.5 Å². The molecule has 1 fully saturated rings. The van der Waals surface area contributed by atoms with Crippen LogP contribution in [0.25, 0.3) is 0 Å². The normalized spacial score (nSPS) is 13.9. The van der Waals surface area contributed by atoms with Gasteiger partial charge in [-0.2, -0.15) is 5.26 Å². The Balaban J connectivity index is 1.88. The van der Waals surface area contributed by atoms with Crippen molar-refractivity contribution in [2.24, 2.45) is 0 Å². The molecule has 5 heteroatoms. The van der Waals surface area contributed by atoms with Gasteiger partial charge in [-0.15, -0.1) is 0 Å². The largest absolute Gasteiger partial charge is 0.374 e. The summed E-state index contributed by atoms with van der Waals surface area (Å²) in [6.45, 7) is 0.177. The predicted molar refractivity (Wildman–Crippen MR) is 58.6 cm³/mol. The van der Waals surface area contributed by atoms with Crippen molar-refractivity contribution in [2.75, 3.05) is 11.9 Å². The number of carbonyl (C=O) groups is 1. The van der Waals surface area contributed by atoms with Crippen molar-refractivity contribution >= 4 is 11.6 Å². The van der Waals surface area contributed by atoms with E-state index in [0.717, 1.165) is 12.8 Å². The number of aromatic nitrogens is 1. The van der Waals surface area contributed by atoms with Gasteiger partial charge in [0.15, 0.2) is 0 Å². The Hall–Kier alpha value is -2.09. The molecule has 1 heterocycles. The third-order valence-electron chi connectivity index (χ3n) is 2.32. The molecule has 0 radical (unpaired) electrons. The summed E-state index contributed by atoms with van der Waals surface area (Å²) in [6, 6.07) is 4.01. The fraction of sp³-hybridized carbons (Fsp3) is 0.364. The van der Waals surface area contributed by atoms with Crippen molar-refractivity contribution in [3.63, 3.8) is 0 Å². The topological polar surface area (TPSA) is 77.8 Å². The summed E-state index contributed by atoms with van der Waals surface area (Å²) >= 11 is 0. The number of pyridine rings is 1. The van der Waals surface area contributed by atoms with E-state index >= 15 is 0 Å². The number of hydrogen-bond acceptors (Lipinski definition) is 4. The summed E-state index contributed by atoms with van der Waals surface area (Å²) in [4.78, 5) is 15.3. The highest BCUT2D eigenvalue weighted by atomic mass is 16.2. The molecular formula is C11H12N4O. The van der Waals surface area contributed by atoms with Crippen molar-refractivity contribution < 1.29 is 4.79 Å². The van der Waals surface area contributed by atoms with Crippen LogP contribution in [-0.2, 0) is 4.79 Å². The first-order valence-corrected chi connectivity index (χ1v) is 5.17. The molecule has 0 atom stereocenters. The molecule has 0 saturated heterocycles. The van der Waals surface area contributed by atoms with E-state index in [0.29, 0.717) is 17.3 Å². The molecule has 0 unspecified atom stereocenters. The third kappa shape index (κ3) is 2.70. The molecule has 5 nitrogen and oxygen atoms in total. The molecule has 1 aromatic heterocycles. The van der Waals surface area contributed by atoms with Gasteiger partial charge in [0.1, 0.15) is 6.07 Å². The minimum Gasteiger partial charge on any atom is -0.374 e. The van der Waals surface area contributed by atoms with Crippen LogP contribution >= 0.6 is 0 Å². The number of anilines is 1. The van der Waals surface area contributed by atoms with Crippen molar-refractivity contribution in [1.82, 2.24) is 10.3 Å². The van der Waals surface area contributed by atoms with Crippen LogP contribution in [0.1, 0.15) is 18.4 Å². The molecule has 1 amide bonds. The van der Waals surface area contributed by atoms with E-state index in [9.17, 15) is 4.79 Å². The van der Waals surface area contributed by atoms with Crippen LogP contribution in [0.4, 0.5) is 5.69 Å². The van der Waals surface area contributed by atoms with Gasteiger partial charge < -0.3 is 10.6 Å². The van der Waals surface area contributed by atoms with Crippen molar-refractivity contribution in [3.05, 3.63) is 24.0 Å². The Bertz CT molecular complexity index is 434. The zero-order chi connectivity index (χ0) is 11.4. The molecule has 1 saturated carbocycles. The molecule has 82 valence electrons. The van der Waals surface area contributed by atoms with Gasteiger partial charge >= 0.3 is 0 Å². The number of amides is 1. The zero-order valence-electron chi connectivity index (χ0n) is 8.73. The van der Waals surface area contributed by atoms with E-state index < -0.39 is 0 Å². The third-order valence-corrected chi connectivity index (χ3v) is 2.32. The van der Waals surface area contributed by atoms with Gasteiger partial charge in [-0.25, -0.2) is 0 Å². The van der Waals surface area contributed by atoms with Crippen molar-refractivity contribution in [2.45, 2.75) is 18.9 Å². The summed E-state index contributed by atoms with van der Waals surface area (Å²) in [7, 11) is 0. The number of nitrogens with zero attached hydrogens (tertiary/aromatic N) is 2. The SMILES string of the molecule is N#Cc1ccncc1NCC(=O)NC1CC1. The van der Waals surface area contributed by atoms with E-state index in [-0.39, 0.29) is 12.5 Å². The summed E-state index contributed by atoms with van der Waals surface area (Å²) < 4.78 is 0. The summed E-state index contributed by atoms with van der Waals surface area (Å²) in [5, 5.41) is 14.6. The highest BCUT2D eigenvalue weighted by Crippen LogP contribution is 2.18. The molecule has 0 aromatic carbocycles. The Morgan fingerprint density at radius 3 is 3.12 bits per heavy atom. The van der Waals surface area contributed by atoms with E-state index in [1.807, 2.05) is 6.07 Å². The quantitative estimate of drug-likeness (QED) is 0.774. The lowest BCUT2D eigenvalue weighted by Crippen LogP contribution is -2.31. The monoisotopic (exact) mass is 216 g/mol. The Labute approximate surface area is 93.5 Å². The Morgan fingerprint density at radius 1 is 1.62 bits per heavy atom. The number of rotatable bonds is 4. The van der Waals surface area contributed by atoms with Crippen LogP contribution in [-0.4, -0.2) is 23.5 Å². The molecule has 1 aromatic rings. The maximum absolute atomic E-state index is 11.4. The number of nitriles is 1. The van der Waals surface area contributed by atoms with Crippen LogP contribution in [0.15, 0.2) is 18.5 Å². The predicted octanol–water partition coefficient (Wildman–Crippen LogP) is 0.644. The van der Waals surface area contributed by atoms with Crippen LogP contribution in [0, 0.1) is 11.3 Å². The first-order valence-electron chi connectivity index (χ1n) is 5.17. The Kier molecular flexibility index (Phi) is 3.01. The van der Waals surface area contributed by atoms with Gasteiger partial charge in [0.05, 0.1) is 24.0 Å². The zero-order valence-corrected chi connectivity index (χ0v) is 8.73. The second-order valence-electron chi connectivity index (χ2n) is 3.73. The van der Waals surface area contributed by atoms with E-state index in [2.05, 4.69) is 15.6 Å². The molecule has 0 bridgehead atoms. The molecular weight excluding hydrogens is 204 g/mol. The lowest BCUT2D eigenvalue weighted by atomic mass is 10.2. The van der Waals surface area contributed by atoms with Gasteiger partial charge in [0.25, 0.3) is 0 Å². The molecule has 16 heavy (non-hydrogen) atoms. The van der Waals surface area contributed by atoms with Gasteiger partial charge in [-0.1, -0.05) is 0 Å². The average Bonchev–Trinajstić information content (AvgIpc) is 3.10. The van der Waals surface area contributed by atoms with Crippen LogP contribution < -0.4 is 10.6 Å². The maximum atomic E-state index is 11.4. The molecule has 1 aliphatic carbocycles. The minimum absolute atomic E-state index is 0.0461. The molecule has 0 spiro atoms. The molecule has 1 aliphatic rings. The van der Waals surface area contributed by atoms with Crippen LogP contribution in [0.3, 0.4) is 0 Å².